The van der Waals surface area contributed by atoms with Gasteiger partial charge in [-0.05, 0) is 32.2 Å². The van der Waals surface area contributed by atoms with Crippen LogP contribution in [0.5, 0.6) is 0 Å². The second-order valence-corrected chi connectivity index (χ2v) is 6.03. The summed E-state index contributed by atoms with van der Waals surface area (Å²) in [6.45, 7) is 8.94. The van der Waals surface area contributed by atoms with Crippen molar-refractivity contribution in [1.29, 1.82) is 0 Å². The Labute approximate surface area is 120 Å². The second kappa shape index (κ2) is 10.7. The quantitative estimate of drug-likeness (QED) is 0.556. The molecular weight excluding hydrogens is 234 g/mol. The predicted molar refractivity (Wildman–Crippen MR) is 83.6 cm³/mol. The third-order valence-corrected chi connectivity index (χ3v) is 4.46. The summed E-state index contributed by atoms with van der Waals surface area (Å²) in [6, 6.07) is 0.689. The molecule has 0 aromatic rings. The Bertz CT molecular complexity index is 207. The Balaban J connectivity index is 2.33. The zero-order valence-electron chi connectivity index (χ0n) is 13.4. The predicted octanol–water partition coefficient (Wildman–Crippen LogP) is 4.53. The molecule has 0 radical (unpaired) electrons. The van der Waals surface area contributed by atoms with E-state index in [0.29, 0.717) is 12.1 Å². The molecule has 1 saturated heterocycles. The van der Waals surface area contributed by atoms with Crippen LogP contribution in [0, 0.1) is 5.92 Å². The van der Waals surface area contributed by atoms with Crippen molar-refractivity contribution < 1.29 is 4.74 Å². The van der Waals surface area contributed by atoms with Crippen LogP contribution in [0.3, 0.4) is 0 Å². The van der Waals surface area contributed by atoms with Crippen molar-refractivity contribution in [2.45, 2.75) is 90.7 Å². The fourth-order valence-electron chi connectivity index (χ4n) is 3.31. The van der Waals surface area contributed by atoms with Gasteiger partial charge in [0.05, 0.1) is 6.10 Å². The lowest BCUT2D eigenvalue weighted by Crippen LogP contribution is -2.40. The van der Waals surface area contributed by atoms with Gasteiger partial charge < -0.3 is 10.1 Å². The van der Waals surface area contributed by atoms with Gasteiger partial charge in [0.1, 0.15) is 0 Å². The Morgan fingerprint density at radius 1 is 1.05 bits per heavy atom. The Morgan fingerprint density at radius 2 is 1.84 bits per heavy atom. The van der Waals surface area contributed by atoms with E-state index in [4.69, 9.17) is 4.74 Å². The largest absolute Gasteiger partial charge is 0.378 e. The van der Waals surface area contributed by atoms with E-state index in [1.54, 1.807) is 0 Å². The normalized spacial score (nSPS) is 24.8. The molecule has 1 aliphatic rings. The molecule has 1 fully saturated rings. The molecule has 0 saturated carbocycles. The molecule has 0 bridgehead atoms. The van der Waals surface area contributed by atoms with Crippen LogP contribution in [0.25, 0.3) is 0 Å². The van der Waals surface area contributed by atoms with Crippen LogP contribution in [0.1, 0.15) is 78.6 Å². The van der Waals surface area contributed by atoms with Gasteiger partial charge in [0.15, 0.2) is 0 Å². The lowest BCUT2D eigenvalue weighted by molar-refractivity contribution is 0.0761. The van der Waals surface area contributed by atoms with Crippen molar-refractivity contribution in [3.8, 4) is 0 Å². The summed E-state index contributed by atoms with van der Waals surface area (Å²) in [5.74, 6) is 0.753. The molecule has 1 aliphatic heterocycles. The molecule has 1 heterocycles. The van der Waals surface area contributed by atoms with Gasteiger partial charge in [-0.25, -0.2) is 0 Å². The molecular formula is C17H35NO. The summed E-state index contributed by atoms with van der Waals surface area (Å²) < 4.78 is 5.88. The smallest absolute Gasteiger partial charge is 0.0616 e. The van der Waals surface area contributed by atoms with Crippen LogP contribution in [-0.2, 0) is 4.74 Å². The van der Waals surface area contributed by atoms with Crippen molar-refractivity contribution in [2.24, 2.45) is 5.92 Å². The highest BCUT2D eigenvalue weighted by molar-refractivity contribution is 4.85. The minimum Gasteiger partial charge on any atom is -0.378 e. The van der Waals surface area contributed by atoms with Gasteiger partial charge in [0.25, 0.3) is 0 Å². The maximum Gasteiger partial charge on any atom is 0.0616 e. The van der Waals surface area contributed by atoms with E-state index in [-0.39, 0.29) is 0 Å². The van der Waals surface area contributed by atoms with Crippen LogP contribution in [0.4, 0.5) is 0 Å². The molecule has 3 unspecified atom stereocenters. The van der Waals surface area contributed by atoms with Gasteiger partial charge in [0.2, 0.25) is 0 Å². The molecule has 3 atom stereocenters. The van der Waals surface area contributed by atoms with E-state index in [0.717, 1.165) is 19.1 Å². The number of nitrogens with one attached hydrogen (secondary N) is 1. The number of ether oxygens (including phenoxy) is 1. The van der Waals surface area contributed by atoms with Crippen LogP contribution in [-0.4, -0.2) is 25.3 Å². The first-order chi connectivity index (χ1) is 9.33. The first-order valence-corrected chi connectivity index (χ1v) is 8.68. The van der Waals surface area contributed by atoms with Gasteiger partial charge >= 0.3 is 0 Å². The Kier molecular flexibility index (Phi) is 9.54. The highest BCUT2D eigenvalue weighted by atomic mass is 16.5. The van der Waals surface area contributed by atoms with Gasteiger partial charge in [0, 0.05) is 18.6 Å². The topological polar surface area (TPSA) is 21.3 Å². The van der Waals surface area contributed by atoms with E-state index >= 15 is 0 Å². The standard InChI is InChI=1S/C17H35NO/c1-4-7-8-9-10-11-16(18-13-5-2)15-12-14-19-17(15)6-3/h15-18H,4-14H2,1-3H3. The van der Waals surface area contributed by atoms with Gasteiger partial charge in [-0.2, -0.15) is 0 Å². The van der Waals surface area contributed by atoms with E-state index in [9.17, 15) is 0 Å². The summed E-state index contributed by atoms with van der Waals surface area (Å²) >= 11 is 0. The lowest BCUT2D eigenvalue weighted by Gasteiger charge is -2.28. The molecule has 0 spiro atoms. The van der Waals surface area contributed by atoms with Crippen LogP contribution in [0.15, 0.2) is 0 Å². The molecule has 0 aromatic carbocycles. The minimum atomic E-state index is 0.505. The fourth-order valence-corrected chi connectivity index (χ4v) is 3.31. The van der Waals surface area contributed by atoms with Gasteiger partial charge in [-0.3, -0.25) is 0 Å². The molecule has 0 amide bonds. The van der Waals surface area contributed by atoms with E-state index in [1.807, 2.05) is 0 Å². The van der Waals surface area contributed by atoms with Crippen molar-refractivity contribution in [1.82, 2.24) is 5.32 Å². The molecule has 2 nitrogen and oxygen atoms in total. The van der Waals surface area contributed by atoms with Crippen LogP contribution >= 0.6 is 0 Å². The average molecular weight is 269 g/mol. The van der Waals surface area contributed by atoms with E-state index in [1.165, 1.54) is 57.8 Å². The average Bonchev–Trinajstić information content (AvgIpc) is 2.90. The zero-order chi connectivity index (χ0) is 13.9. The zero-order valence-corrected chi connectivity index (χ0v) is 13.4. The molecule has 1 N–H and O–H groups in total. The molecule has 114 valence electrons. The molecule has 19 heavy (non-hydrogen) atoms. The number of hydrogen-bond donors (Lipinski definition) is 1. The third-order valence-electron chi connectivity index (χ3n) is 4.46. The molecule has 0 aliphatic carbocycles. The highest BCUT2D eigenvalue weighted by Crippen LogP contribution is 2.29. The summed E-state index contributed by atoms with van der Waals surface area (Å²) in [6.07, 6.45) is 12.4. The first-order valence-electron chi connectivity index (χ1n) is 8.68. The second-order valence-electron chi connectivity index (χ2n) is 6.03. The van der Waals surface area contributed by atoms with Crippen molar-refractivity contribution in [3.63, 3.8) is 0 Å². The summed E-state index contributed by atoms with van der Waals surface area (Å²) in [5, 5.41) is 3.79. The summed E-state index contributed by atoms with van der Waals surface area (Å²) in [5.41, 5.74) is 0. The van der Waals surface area contributed by atoms with Crippen LogP contribution < -0.4 is 5.32 Å². The van der Waals surface area contributed by atoms with E-state index < -0.39 is 0 Å². The first kappa shape index (κ1) is 17.0. The summed E-state index contributed by atoms with van der Waals surface area (Å²) in [7, 11) is 0. The molecule has 1 rings (SSSR count). The van der Waals surface area contributed by atoms with Crippen molar-refractivity contribution in [2.75, 3.05) is 13.2 Å². The monoisotopic (exact) mass is 269 g/mol. The fraction of sp³-hybridized carbons (Fsp3) is 1.00. The Hall–Kier alpha value is -0.0800. The maximum atomic E-state index is 5.88. The molecule has 0 aromatic heterocycles. The third kappa shape index (κ3) is 6.27. The SMILES string of the molecule is CCCCCCCC(NCCC)C1CCOC1CC. The van der Waals surface area contributed by atoms with Crippen molar-refractivity contribution >= 4 is 0 Å². The number of unbranched alkanes of at least 4 members (excludes halogenated alkanes) is 4. The molecule has 2 heteroatoms. The maximum absolute atomic E-state index is 5.88. The summed E-state index contributed by atoms with van der Waals surface area (Å²) in [4.78, 5) is 0. The number of hydrogen-bond acceptors (Lipinski definition) is 2. The number of rotatable bonds is 11. The minimum absolute atomic E-state index is 0.505. The highest BCUT2D eigenvalue weighted by Gasteiger charge is 2.32. The van der Waals surface area contributed by atoms with Gasteiger partial charge in [-0.1, -0.05) is 52.9 Å². The Morgan fingerprint density at radius 3 is 2.53 bits per heavy atom. The lowest BCUT2D eigenvalue weighted by atomic mass is 9.87. The van der Waals surface area contributed by atoms with E-state index in [2.05, 4.69) is 26.1 Å². The van der Waals surface area contributed by atoms with Crippen molar-refractivity contribution in [3.05, 3.63) is 0 Å². The van der Waals surface area contributed by atoms with Crippen LogP contribution in [0.2, 0.25) is 0 Å². The van der Waals surface area contributed by atoms with Gasteiger partial charge in [-0.15, -0.1) is 0 Å².